The Bertz CT molecular complexity index is 1140. The molecule has 5 nitrogen and oxygen atoms in total. The number of hydrogen-bond donors (Lipinski definition) is 1. The first kappa shape index (κ1) is 19.3. The van der Waals surface area contributed by atoms with Gasteiger partial charge in [0.15, 0.2) is 0 Å². The SMILES string of the molecule is Cc1ccc(/C=C2\NC(=O)N(Cc3ccc(Cl)c(Cl)c3)C2=O)n1-c1ccccc1. The monoisotopic (exact) mass is 425 g/mol. The van der Waals surface area contributed by atoms with Gasteiger partial charge in [0.05, 0.1) is 16.6 Å². The predicted molar refractivity (Wildman–Crippen MR) is 114 cm³/mol. The van der Waals surface area contributed by atoms with E-state index in [9.17, 15) is 9.59 Å². The van der Waals surface area contributed by atoms with Gasteiger partial charge in [-0.05, 0) is 55.0 Å². The van der Waals surface area contributed by atoms with Crippen LogP contribution in [-0.4, -0.2) is 21.4 Å². The number of para-hydroxylation sites is 1. The summed E-state index contributed by atoms with van der Waals surface area (Å²) >= 11 is 12.0. The Labute approximate surface area is 178 Å². The van der Waals surface area contributed by atoms with E-state index >= 15 is 0 Å². The number of carbonyl (C=O) groups excluding carboxylic acids is 2. The molecule has 0 unspecified atom stereocenters. The van der Waals surface area contributed by atoms with Crippen molar-refractivity contribution >= 4 is 41.2 Å². The van der Waals surface area contributed by atoms with E-state index in [2.05, 4.69) is 5.32 Å². The van der Waals surface area contributed by atoms with Crippen molar-refractivity contribution in [1.29, 1.82) is 0 Å². The Kier molecular flexibility index (Phi) is 5.18. The quantitative estimate of drug-likeness (QED) is 0.462. The van der Waals surface area contributed by atoms with Gasteiger partial charge in [-0.25, -0.2) is 4.79 Å². The number of benzene rings is 2. The fourth-order valence-electron chi connectivity index (χ4n) is 3.28. The van der Waals surface area contributed by atoms with Gasteiger partial charge in [0, 0.05) is 17.1 Å². The van der Waals surface area contributed by atoms with Crippen LogP contribution in [0, 0.1) is 6.92 Å². The molecule has 1 saturated heterocycles. The molecular formula is C22H17Cl2N3O2. The topological polar surface area (TPSA) is 54.3 Å². The third kappa shape index (κ3) is 3.79. The van der Waals surface area contributed by atoms with Crippen molar-refractivity contribution in [2.24, 2.45) is 0 Å². The molecule has 1 fully saturated rings. The number of aromatic nitrogens is 1. The fraction of sp³-hybridized carbons (Fsp3) is 0.0909. The smallest absolute Gasteiger partial charge is 0.314 e. The van der Waals surface area contributed by atoms with E-state index in [1.165, 1.54) is 0 Å². The Hall–Kier alpha value is -3.02. The Morgan fingerprint density at radius 3 is 2.45 bits per heavy atom. The van der Waals surface area contributed by atoms with E-state index in [-0.39, 0.29) is 18.1 Å². The molecule has 2 heterocycles. The molecule has 0 radical (unpaired) electrons. The normalized spacial score (nSPS) is 15.3. The van der Waals surface area contributed by atoms with Gasteiger partial charge < -0.3 is 9.88 Å². The lowest BCUT2D eigenvalue weighted by molar-refractivity contribution is -0.123. The van der Waals surface area contributed by atoms with Gasteiger partial charge in [-0.3, -0.25) is 9.69 Å². The van der Waals surface area contributed by atoms with Crippen LogP contribution in [0.2, 0.25) is 10.0 Å². The molecule has 3 amide bonds. The number of hydrogen-bond acceptors (Lipinski definition) is 2. The number of carbonyl (C=O) groups is 2. The number of nitrogens with one attached hydrogen (secondary N) is 1. The lowest BCUT2D eigenvalue weighted by Crippen LogP contribution is -2.30. The Balaban J connectivity index is 1.63. The molecule has 146 valence electrons. The molecule has 29 heavy (non-hydrogen) atoms. The third-order valence-corrected chi connectivity index (χ3v) is 5.44. The summed E-state index contributed by atoms with van der Waals surface area (Å²) in [5, 5.41) is 3.46. The Morgan fingerprint density at radius 2 is 1.72 bits per heavy atom. The molecule has 1 aliphatic heterocycles. The van der Waals surface area contributed by atoms with E-state index < -0.39 is 6.03 Å². The summed E-state index contributed by atoms with van der Waals surface area (Å²) in [6, 6.07) is 18.3. The molecule has 0 saturated carbocycles. The van der Waals surface area contributed by atoms with Crippen LogP contribution in [0.5, 0.6) is 0 Å². The number of halogens is 2. The van der Waals surface area contributed by atoms with Gasteiger partial charge in [0.1, 0.15) is 5.70 Å². The second-order valence-electron chi connectivity index (χ2n) is 6.70. The van der Waals surface area contributed by atoms with Gasteiger partial charge >= 0.3 is 6.03 Å². The number of aryl methyl sites for hydroxylation is 1. The van der Waals surface area contributed by atoms with Crippen molar-refractivity contribution in [2.75, 3.05) is 0 Å². The Morgan fingerprint density at radius 1 is 0.966 bits per heavy atom. The molecule has 0 bridgehead atoms. The zero-order chi connectivity index (χ0) is 20.5. The lowest BCUT2D eigenvalue weighted by Gasteiger charge is -2.12. The van der Waals surface area contributed by atoms with Crippen LogP contribution in [0.15, 0.2) is 66.4 Å². The predicted octanol–water partition coefficient (Wildman–Crippen LogP) is 5.19. The van der Waals surface area contributed by atoms with Gasteiger partial charge in [-0.2, -0.15) is 0 Å². The first-order valence-electron chi connectivity index (χ1n) is 8.96. The van der Waals surface area contributed by atoms with Crippen LogP contribution in [0.25, 0.3) is 11.8 Å². The maximum atomic E-state index is 12.8. The van der Waals surface area contributed by atoms with Crippen LogP contribution in [0.3, 0.4) is 0 Å². The van der Waals surface area contributed by atoms with Crippen molar-refractivity contribution < 1.29 is 9.59 Å². The number of urea groups is 1. The molecule has 0 aliphatic carbocycles. The average Bonchev–Trinajstić information content (AvgIpc) is 3.20. The minimum absolute atomic E-state index is 0.109. The largest absolute Gasteiger partial charge is 0.329 e. The zero-order valence-electron chi connectivity index (χ0n) is 15.5. The average molecular weight is 426 g/mol. The second kappa shape index (κ2) is 7.78. The van der Waals surface area contributed by atoms with E-state index in [4.69, 9.17) is 23.2 Å². The molecule has 0 spiro atoms. The maximum Gasteiger partial charge on any atom is 0.329 e. The fourth-order valence-corrected chi connectivity index (χ4v) is 3.61. The molecule has 0 atom stereocenters. The van der Waals surface area contributed by atoms with Crippen molar-refractivity contribution in [3.8, 4) is 5.69 Å². The van der Waals surface area contributed by atoms with Crippen molar-refractivity contribution in [1.82, 2.24) is 14.8 Å². The number of rotatable bonds is 4. The molecule has 2 aromatic carbocycles. The van der Waals surface area contributed by atoms with Gasteiger partial charge in [-0.15, -0.1) is 0 Å². The highest BCUT2D eigenvalue weighted by atomic mass is 35.5. The van der Waals surface area contributed by atoms with Crippen molar-refractivity contribution in [3.05, 3.63) is 93.4 Å². The van der Waals surface area contributed by atoms with E-state index in [0.717, 1.165) is 22.0 Å². The summed E-state index contributed by atoms with van der Waals surface area (Å²) in [5.41, 5.74) is 3.74. The standard InChI is InChI=1S/C22H17Cl2N3O2/c1-14-7-9-17(27(14)16-5-3-2-4-6-16)12-20-21(28)26(22(29)25-20)13-15-8-10-18(23)19(24)11-15/h2-12H,13H2,1H3,(H,25,29)/b20-12-. The minimum atomic E-state index is -0.470. The molecular weight excluding hydrogens is 409 g/mol. The van der Waals surface area contributed by atoms with Crippen LogP contribution in [0.4, 0.5) is 4.79 Å². The molecule has 3 aromatic rings. The number of nitrogens with zero attached hydrogens (tertiary/aromatic N) is 2. The number of amides is 3. The van der Waals surface area contributed by atoms with Crippen LogP contribution in [-0.2, 0) is 11.3 Å². The summed E-state index contributed by atoms with van der Waals surface area (Å²) in [7, 11) is 0. The lowest BCUT2D eigenvalue weighted by atomic mass is 10.2. The summed E-state index contributed by atoms with van der Waals surface area (Å²) in [4.78, 5) is 26.4. The van der Waals surface area contributed by atoms with Crippen LogP contribution >= 0.6 is 23.2 Å². The first-order valence-corrected chi connectivity index (χ1v) is 9.72. The molecule has 4 rings (SSSR count). The summed E-state index contributed by atoms with van der Waals surface area (Å²) in [5.74, 6) is -0.389. The summed E-state index contributed by atoms with van der Waals surface area (Å²) < 4.78 is 2.02. The summed E-state index contributed by atoms with van der Waals surface area (Å²) in [6.45, 7) is 2.10. The molecule has 1 aliphatic rings. The highest BCUT2D eigenvalue weighted by Gasteiger charge is 2.33. The van der Waals surface area contributed by atoms with Gasteiger partial charge in [0.25, 0.3) is 5.91 Å². The molecule has 7 heteroatoms. The zero-order valence-corrected chi connectivity index (χ0v) is 17.0. The molecule has 1 N–H and O–H groups in total. The second-order valence-corrected chi connectivity index (χ2v) is 7.51. The van der Waals surface area contributed by atoms with Crippen molar-refractivity contribution in [2.45, 2.75) is 13.5 Å². The summed E-state index contributed by atoms with van der Waals surface area (Å²) in [6.07, 6.45) is 1.69. The highest BCUT2D eigenvalue weighted by molar-refractivity contribution is 6.42. The van der Waals surface area contributed by atoms with E-state index in [0.29, 0.717) is 15.6 Å². The van der Waals surface area contributed by atoms with Crippen LogP contribution < -0.4 is 5.32 Å². The maximum absolute atomic E-state index is 12.8. The number of imide groups is 1. The molecule has 1 aromatic heterocycles. The van der Waals surface area contributed by atoms with Gasteiger partial charge in [-0.1, -0.05) is 47.5 Å². The highest BCUT2D eigenvalue weighted by Crippen LogP contribution is 2.25. The first-order chi connectivity index (χ1) is 13.9. The van der Waals surface area contributed by atoms with Gasteiger partial charge in [0.2, 0.25) is 0 Å². The van der Waals surface area contributed by atoms with Crippen LogP contribution in [0.1, 0.15) is 17.0 Å². The third-order valence-electron chi connectivity index (χ3n) is 4.70. The minimum Gasteiger partial charge on any atom is -0.314 e. The van der Waals surface area contributed by atoms with Crippen molar-refractivity contribution in [3.63, 3.8) is 0 Å². The van der Waals surface area contributed by atoms with E-state index in [1.54, 1.807) is 24.3 Å². The van der Waals surface area contributed by atoms with E-state index in [1.807, 2.05) is 54.0 Å².